The van der Waals surface area contributed by atoms with Gasteiger partial charge in [-0.3, -0.25) is 0 Å². The molecule has 18 heavy (non-hydrogen) atoms. The normalized spacial score (nSPS) is 12.0. The number of hydrogen-bond donors (Lipinski definition) is 1. The topological polar surface area (TPSA) is 20.2 Å². The number of unbranched alkanes of at least 4 members (excludes halogenated alkanes) is 7. The van der Waals surface area contributed by atoms with E-state index in [2.05, 4.69) is 20.8 Å². The van der Waals surface area contributed by atoms with Gasteiger partial charge in [0, 0.05) is 0 Å². The summed E-state index contributed by atoms with van der Waals surface area (Å²) in [6.45, 7) is 6.62. The van der Waals surface area contributed by atoms with Gasteiger partial charge in [0.05, 0.1) is 5.60 Å². The van der Waals surface area contributed by atoms with E-state index in [1.54, 1.807) is 0 Å². The molecule has 0 atom stereocenters. The molecule has 0 heterocycles. The van der Waals surface area contributed by atoms with Crippen LogP contribution in [0.1, 0.15) is 104 Å². The van der Waals surface area contributed by atoms with Crippen molar-refractivity contribution in [2.24, 2.45) is 0 Å². The molecule has 1 N–H and O–H groups in total. The third-order valence-electron chi connectivity index (χ3n) is 3.93. The summed E-state index contributed by atoms with van der Waals surface area (Å²) in [7, 11) is 0. The second-order valence-corrected chi connectivity index (χ2v) is 5.95. The van der Waals surface area contributed by atoms with E-state index in [9.17, 15) is 5.11 Å². The third-order valence-corrected chi connectivity index (χ3v) is 3.93. The predicted octanol–water partition coefficient (Wildman–Crippen LogP) is 5.85. The minimum absolute atomic E-state index is 0.355. The molecule has 0 aromatic heterocycles. The Bertz CT molecular complexity index is 159. The second kappa shape index (κ2) is 12.0. The molecule has 0 saturated heterocycles. The van der Waals surface area contributed by atoms with Crippen molar-refractivity contribution < 1.29 is 5.11 Å². The van der Waals surface area contributed by atoms with Crippen LogP contribution in [0.4, 0.5) is 0 Å². The summed E-state index contributed by atoms with van der Waals surface area (Å²) in [6, 6.07) is 0. The highest BCUT2D eigenvalue weighted by Gasteiger charge is 2.23. The molecule has 0 bridgehead atoms. The molecule has 0 spiro atoms. The van der Waals surface area contributed by atoms with Crippen LogP contribution >= 0.6 is 0 Å². The first-order valence-electron chi connectivity index (χ1n) is 8.41. The van der Waals surface area contributed by atoms with E-state index in [-0.39, 0.29) is 5.60 Å². The third kappa shape index (κ3) is 9.94. The van der Waals surface area contributed by atoms with Gasteiger partial charge in [0.25, 0.3) is 0 Å². The highest BCUT2D eigenvalue weighted by molar-refractivity contribution is 4.77. The SMILES string of the molecule is CCCCCCCCCCC(O)(CCC)CCC. The molecule has 0 fully saturated rings. The average Bonchev–Trinajstić information content (AvgIpc) is 2.33. The van der Waals surface area contributed by atoms with Crippen LogP contribution in [0.25, 0.3) is 0 Å². The van der Waals surface area contributed by atoms with Crippen molar-refractivity contribution in [3.63, 3.8) is 0 Å². The van der Waals surface area contributed by atoms with Gasteiger partial charge in [-0.1, -0.05) is 85.0 Å². The Morgan fingerprint density at radius 3 is 1.44 bits per heavy atom. The van der Waals surface area contributed by atoms with Crippen LogP contribution in [0.3, 0.4) is 0 Å². The number of aliphatic hydroxyl groups is 1. The molecule has 0 aliphatic heterocycles. The Morgan fingerprint density at radius 2 is 1.00 bits per heavy atom. The minimum atomic E-state index is -0.355. The molecule has 0 aliphatic rings. The van der Waals surface area contributed by atoms with Crippen LogP contribution < -0.4 is 0 Å². The van der Waals surface area contributed by atoms with Gasteiger partial charge >= 0.3 is 0 Å². The smallest absolute Gasteiger partial charge is 0.0647 e. The van der Waals surface area contributed by atoms with Crippen LogP contribution in [0.2, 0.25) is 0 Å². The van der Waals surface area contributed by atoms with Crippen LogP contribution in [0.15, 0.2) is 0 Å². The van der Waals surface area contributed by atoms with Crippen LogP contribution in [0.5, 0.6) is 0 Å². The van der Waals surface area contributed by atoms with Crippen molar-refractivity contribution in [2.75, 3.05) is 0 Å². The first-order chi connectivity index (χ1) is 8.68. The largest absolute Gasteiger partial charge is 0.390 e. The Hall–Kier alpha value is -0.0400. The molecule has 0 rings (SSSR count). The molecule has 1 nitrogen and oxygen atoms in total. The maximum atomic E-state index is 10.5. The molecule has 1 heteroatoms. The number of rotatable bonds is 13. The van der Waals surface area contributed by atoms with Crippen molar-refractivity contribution in [3.05, 3.63) is 0 Å². The van der Waals surface area contributed by atoms with Crippen molar-refractivity contribution in [1.29, 1.82) is 0 Å². The lowest BCUT2D eigenvalue weighted by atomic mass is 9.87. The van der Waals surface area contributed by atoms with Gasteiger partial charge < -0.3 is 5.11 Å². The fourth-order valence-corrected chi connectivity index (χ4v) is 2.89. The quantitative estimate of drug-likeness (QED) is 0.410. The summed E-state index contributed by atoms with van der Waals surface area (Å²) in [5, 5.41) is 10.5. The fraction of sp³-hybridized carbons (Fsp3) is 1.00. The van der Waals surface area contributed by atoms with E-state index >= 15 is 0 Å². The van der Waals surface area contributed by atoms with Crippen LogP contribution in [0, 0.1) is 0 Å². The molecule has 0 unspecified atom stereocenters. The Balaban J connectivity index is 3.49. The van der Waals surface area contributed by atoms with Gasteiger partial charge in [0.2, 0.25) is 0 Å². The van der Waals surface area contributed by atoms with Crippen molar-refractivity contribution in [3.8, 4) is 0 Å². The summed E-state index contributed by atoms with van der Waals surface area (Å²) < 4.78 is 0. The summed E-state index contributed by atoms with van der Waals surface area (Å²) in [5.74, 6) is 0. The van der Waals surface area contributed by atoms with Crippen molar-refractivity contribution >= 4 is 0 Å². The zero-order valence-corrected chi connectivity index (χ0v) is 13.1. The molecular formula is C17H36O. The van der Waals surface area contributed by atoms with E-state index in [0.717, 1.165) is 32.1 Å². The van der Waals surface area contributed by atoms with Gasteiger partial charge in [0.15, 0.2) is 0 Å². The minimum Gasteiger partial charge on any atom is -0.390 e. The summed E-state index contributed by atoms with van der Waals surface area (Å²) in [5.41, 5.74) is -0.355. The van der Waals surface area contributed by atoms with Gasteiger partial charge in [-0.25, -0.2) is 0 Å². The molecule has 0 radical (unpaired) electrons. The van der Waals surface area contributed by atoms with Crippen molar-refractivity contribution in [1.82, 2.24) is 0 Å². The Labute approximate surface area is 115 Å². The highest BCUT2D eigenvalue weighted by Crippen LogP contribution is 2.26. The van der Waals surface area contributed by atoms with Crippen LogP contribution in [-0.4, -0.2) is 10.7 Å². The van der Waals surface area contributed by atoms with Crippen LogP contribution in [-0.2, 0) is 0 Å². The second-order valence-electron chi connectivity index (χ2n) is 5.95. The molecule has 0 amide bonds. The summed E-state index contributed by atoms with van der Waals surface area (Å²) >= 11 is 0. The van der Waals surface area contributed by atoms with E-state index in [1.165, 1.54) is 51.4 Å². The van der Waals surface area contributed by atoms with Gasteiger partial charge in [-0.05, 0) is 19.3 Å². The highest BCUT2D eigenvalue weighted by atomic mass is 16.3. The lowest BCUT2D eigenvalue weighted by molar-refractivity contribution is 0.0105. The summed E-state index contributed by atoms with van der Waals surface area (Å²) in [4.78, 5) is 0. The molecule has 0 aromatic rings. The lowest BCUT2D eigenvalue weighted by Crippen LogP contribution is -2.28. The maximum absolute atomic E-state index is 10.5. The predicted molar refractivity (Wildman–Crippen MR) is 82.0 cm³/mol. The van der Waals surface area contributed by atoms with E-state index < -0.39 is 0 Å². The maximum Gasteiger partial charge on any atom is 0.0647 e. The Morgan fingerprint density at radius 1 is 0.556 bits per heavy atom. The first-order valence-corrected chi connectivity index (χ1v) is 8.41. The van der Waals surface area contributed by atoms with Crippen molar-refractivity contribution in [2.45, 2.75) is 110 Å². The molecule has 110 valence electrons. The lowest BCUT2D eigenvalue weighted by Gasteiger charge is -2.27. The first kappa shape index (κ1) is 18.0. The molecular weight excluding hydrogens is 220 g/mol. The van der Waals surface area contributed by atoms with Gasteiger partial charge in [0.1, 0.15) is 0 Å². The van der Waals surface area contributed by atoms with E-state index in [0.29, 0.717) is 0 Å². The number of hydrogen-bond acceptors (Lipinski definition) is 1. The summed E-state index contributed by atoms with van der Waals surface area (Å²) in [6.07, 6.45) is 16.0. The van der Waals surface area contributed by atoms with Gasteiger partial charge in [-0.15, -0.1) is 0 Å². The Kier molecular flexibility index (Phi) is 12.0. The molecule has 0 saturated carbocycles. The standard InChI is InChI=1S/C17H36O/c1-4-7-8-9-10-11-12-13-16-17(18,14-5-2)15-6-3/h18H,4-16H2,1-3H3. The zero-order valence-electron chi connectivity index (χ0n) is 13.1. The average molecular weight is 256 g/mol. The van der Waals surface area contributed by atoms with E-state index in [4.69, 9.17) is 0 Å². The monoisotopic (exact) mass is 256 g/mol. The molecule has 0 aliphatic carbocycles. The fourth-order valence-electron chi connectivity index (χ4n) is 2.89. The molecule has 0 aromatic carbocycles. The zero-order chi connectivity index (χ0) is 13.7. The van der Waals surface area contributed by atoms with E-state index in [1.807, 2.05) is 0 Å². The van der Waals surface area contributed by atoms with Gasteiger partial charge in [-0.2, -0.15) is 0 Å².